The SMILES string of the molecule is CCOc1c(Cl)cc(/C=C2\N=C(c3ccco3)OC2=O)cc1OC. The number of methoxy groups -OCH3 is 1. The maximum atomic E-state index is 12.0. The summed E-state index contributed by atoms with van der Waals surface area (Å²) in [6, 6.07) is 6.71. The first-order chi connectivity index (χ1) is 11.6. The van der Waals surface area contributed by atoms with Crippen LogP contribution in [0.25, 0.3) is 6.08 Å². The molecule has 0 aliphatic carbocycles. The number of aliphatic imine (C=N–C) groups is 1. The molecule has 0 spiro atoms. The summed E-state index contributed by atoms with van der Waals surface area (Å²) in [6.45, 7) is 2.31. The van der Waals surface area contributed by atoms with Gasteiger partial charge < -0.3 is 18.6 Å². The molecule has 2 aromatic rings. The van der Waals surface area contributed by atoms with Gasteiger partial charge >= 0.3 is 5.97 Å². The minimum absolute atomic E-state index is 0.125. The standard InChI is InChI=1S/C17H14ClNO5/c1-3-22-15-11(18)7-10(9-14(15)21-2)8-12-17(20)24-16(19-12)13-5-4-6-23-13/h4-9H,3H2,1-2H3/b12-8-. The van der Waals surface area contributed by atoms with Gasteiger partial charge in [-0.05, 0) is 42.8 Å². The van der Waals surface area contributed by atoms with E-state index in [1.807, 2.05) is 6.92 Å². The number of hydrogen-bond donors (Lipinski definition) is 0. The van der Waals surface area contributed by atoms with Crippen molar-refractivity contribution in [1.29, 1.82) is 0 Å². The van der Waals surface area contributed by atoms with Crippen LogP contribution < -0.4 is 9.47 Å². The summed E-state index contributed by atoms with van der Waals surface area (Å²) in [5, 5.41) is 0.379. The number of rotatable bonds is 5. The smallest absolute Gasteiger partial charge is 0.363 e. The van der Waals surface area contributed by atoms with Crippen molar-refractivity contribution >= 4 is 29.5 Å². The molecule has 0 bridgehead atoms. The van der Waals surface area contributed by atoms with Crippen molar-refractivity contribution in [2.45, 2.75) is 6.92 Å². The Morgan fingerprint density at radius 2 is 2.21 bits per heavy atom. The van der Waals surface area contributed by atoms with Crippen LogP contribution in [-0.4, -0.2) is 25.6 Å². The number of cyclic esters (lactones) is 1. The van der Waals surface area contributed by atoms with Gasteiger partial charge in [-0.2, -0.15) is 0 Å². The Morgan fingerprint density at radius 1 is 1.38 bits per heavy atom. The molecule has 0 saturated carbocycles. The number of carbonyl (C=O) groups is 1. The van der Waals surface area contributed by atoms with Gasteiger partial charge in [0, 0.05) is 0 Å². The van der Waals surface area contributed by atoms with Gasteiger partial charge in [0.1, 0.15) is 0 Å². The molecule has 0 atom stereocenters. The zero-order valence-corrected chi connectivity index (χ0v) is 13.8. The van der Waals surface area contributed by atoms with Crippen LogP contribution in [0.1, 0.15) is 18.2 Å². The topological polar surface area (TPSA) is 70.3 Å². The maximum Gasteiger partial charge on any atom is 0.363 e. The minimum atomic E-state index is -0.564. The Hall–Kier alpha value is -2.73. The van der Waals surface area contributed by atoms with Gasteiger partial charge in [-0.25, -0.2) is 9.79 Å². The van der Waals surface area contributed by atoms with Crippen LogP contribution in [0.3, 0.4) is 0 Å². The van der Waals surface area contributed by atoms with Gasteiger partial charge in [0.25, 0.3) is 5.90 Å². The number of furan rings is 1. The third-order valence-electron chi connectivity index (χ3n) is 3.20. The van der Waals surface area contributed by atoms with Crippen molar-refractivity contribution < 1.29 is 23.4 Å². The second-order valence-corrected chi connectivity index (χ2v) is 5.19. The number of nitrogens with zero attached hydrogens (tertiary/aromatic N) is 1. The normalized spacial score (nSPS) is 15.4. The van der Waals surface area contributed by atoms with Crippen LogP contribution in [0, 0.1) is 0 Å². The largest absolute Gasteiger partial charge is 0.493 e. The molecule has 1 aliphatic heterocycles. The van der Waals surface area contributed by atoms with Crippen LogP contribution in [0.5, 0.6) is 11.5 Å². The van der Waals surface area contributed by atoms with Crippen LogP contribution in [-0.2, 0) is 9.53 Å². The molecule has 2 heterocycles. The summed E-state index contributed by atoms with van der Waals surface area (Å²) in [7, 11) is 1.52. The molecule has 3 rings (SSSR count). The molecule has 1 aromatic heterocycles. The molecule has 0 saturated heterocycles. The summed E-state index contributed by atoms with van der Waals surface area (Å²) in [5.74, 6) is 0.870. The first-order valence-corrected chi connectivity index (χ1v) is 7.57. The molecule has 0 unspecified atom stereocenters. The average Bonchev–Trinajstić information content (AvgIpc) is 3.20. The monoisotopic (exact) mass is 347 g/mol. The Morgan fingerprint density at radius 3 is 2.88 bits per heavy atom. The first kappa shape index (κ1) is 16.1. The van der Waals surface area contributed by atoms with Gasteiger partial charge in [0.2, 0.25) is 0 Å². The number of carbonyl (C=O) groups excluding carboxylic acids is 1. The second kappa shape index (κ2) is 6.80. The van der Waals surface area contributed by atoms with E-state index in [-0.39, 0.29) is 11.6 Å². The van der Waals surface area contributed by atoms with Crippen molar-refractivity contribution in [2.24, 2.45) is 4.99 Å². The predicted octanol–water partition coefficient (Wildman–Crippen LogP) is 3.68. The quantitative estimate of drug-likeness (QED) is 0.609. The fraction of sp³-hybridized carbons (Fsp3) is 0.176. The molecule has 1 aliphatic rings. The Labute approximate surface area is 143 Å². The lowest BCUT2D eigenvalue weighted by Crippen LogP contribution is -2.04. The van der Waals surface area contributed by atoms with Crippen LogP contribution in [0.15, 0.2) is 45.6 Å². The van der Waals surface area contributed by atoms with Crippen LogP contribution >= 0.6 is 11.6 Å². The van der Waals surface area contributed by atoms with Crippen molar-refractivity contribution in [1.82, 2.24) is 0 Å². The van der Waals surface area contributed by atoms with E-state index in [0.29, 0.717) is 34.5 Å². The van der Waals surface area contributed by atoms with Crippen LogP contribution in [0.2, 0.25) is 5.02 Å². The average molecular weight is 348 g/mol. The highest BCUT2D eigenvalue weighted by atomic mass is 35.5. The van der Waals surface area contributed by atoms with E-state index in [9.17, 15) is 4.79 Å². The van der Waals surface area contributed by atoms with Gasteiger partial charge in [-0.1, -0.05) is 11.6 Å². The molecule has 0 radical (unpaired) electrons. The second-order valence-electron chi connectivity index (χ2n) is 4.78. The van der Waals surface area contributed by atoms with Crippen molar-refractivity contribution in [2.75, 3.05) is 13.7 Å². The molecule has 0 N–H and O–H groups in total. The summed E-state index contributed by atoms with van der Waals surface area (Å²) >= 11 is 6.22. The minimum Gasteiger partial charge on any atom is -0.493 e. The van der Waals surface area contributed by atoms with E-state index in [4.69, 9.17) is 30.2 Å². The molecule has 24 heavy (non-hydrogen) atoms. The van der Waals surface area contributed by atoms with Gasteiger partial charge in [-0.3, -0.25) is 0 Å². The third-order valence-corrected chi connectivity index (χ3v) is 3.48. The zero-order valence-electron chi connectivity index (χ0n) is 13.0. The molecule has 1 aromatic carbocycles. The summed E-state index contributed by atoms with van der Waals surface area (Å²) < 4.78 is 21.0. The van der Waals surface area contributed by atoms with E-state index in [0.717, 1.165) is 0 Å². The highest BCUT2D eigenvalue weighted by Gasteiger charge is 2.26. The lowest BCUT2D eigenvalue weighted by molar-refractivity contribution is -0.130. The molecule has 6 nitrogen and oxygen atoms in total. The van der Waals surface area contributed by atoms with Crippen LogP contribution in [0.4, 0.5) is 0 Å². The Bertz CT molecular complexity index is 824. The van der Waals surface area contributed by atoms with Crippen molar-refractivity contribution in [3.8, 4) is 11.5 Å². The molecular formula is C17H14ClNO5. The maximum absolute atomic E-state index is 12.0. The number of esters is 1. The Balaban J connectivity index is 1.96. The first-order valence-electron chi connectivity index (χ1n) is 7.19. The summed E-state index contributed by atoms with van der Waals surface area (Å²) in [6.07, 6.45) is 3.03. The lowest BCUT2D eigenvalue weighted by Gasteiger charge is -2.11. The van der Waals surface area contributed by atoms with E-state index in [2.05, 4.69) is 4.99 Å². The molecule has 7 heteroatoms. The Kier molecular flexibility index (Phi) is 4.57. The van der Waals surface area contributed by atoms with Gasteiger partial charge in [-0.15, -0.1) is 0 Å². The number of halogens is 1. The highest BCUT2D eigenvalue weighted by Crippen LogP contribution is 2.37. The van der Waals surface area contributed by atoms with E-state index in [1.165, 1.54) is 13.4 Å². The van der Waals surface area contributed by atoms with Crippen molar-refractivity contribution in [3.63, 3.8) is 0 Å². The number of hydrogen-bond acceptors (Lipinski definition) is 6. The van der Waals surface area contributed by atoms with Gasteiger partial charge in [0.15, 0.2) is 23.0 Å². The fourth-order valence-corrected chi connectivity index (χ4v) is 2.45. The fourth-order valence-electron chi connectivity index (χ4n) is 2.18. The highest BCUT2D eigenvalue weighted by molar-refractivity contribution is 6.32. The van der Waals surface area contributed by atoms with E-state index in [1.54, 1.807) is 30.3 Å². The number of benzene rings is 1. The zero-order chi connectivity index (χ0) is 17.1. The number of ether oxygens (including phenoxy) is 3. The van der Waals surface area contributed by atoms with E-state index < -0.39 is 5.97 Å². The van der Waals surface area contributed by atoms with Crippen molar-refractivity contribution in [3.05, 3.63) is 52.6 Å². The molecule has 0 amide bonds. The van der Waals surface area contributed by atoms with Gasteiger partial charge in [0.05, 0.1) is 25.0 Å². The molecule has 124 valence electrons. The lowest BCUT2D eigenvalue weighted by atomic mass is 10.1. The van der Waals surface area contributed by atoms with E-state index >= 15 is 0 Å². The summed E-state index contributed by atoms with van der Waals surface area (Å²) in [4.78, 5) is 16.1. The predicted molar refractivity (Wildman–Crippen MR) is 88.5 cm³/mol. The molecule has 0 fully saturated rings. The third kappa shape index (κ3) is 3.14. The summed E-state index contributed by atoms with van der Waals surface area (Å²) in [5.41, 5.74) is 0.778. The molecular weight excluding hydrogens is 334 g/mol.